The Balaban J connectivity index is 1.50. The smallest absolute Gasteiger partial charge is 0.260 e. The topological polar surface area (TPSA) is 90.9 Å². The van der Waals surface area contributed by atoms with Crippen LogP contribution >= 0.6 is 11.3 Å². The summed E-state index contributed by atoms with van der Waals surface area (Å²) in [5, 5.41) is 13.2. The lowest BCUT2D eigenvalue weighted by Crippen LogP contribution is -2.43. The number of aromatic nitrogens is 2. The van der Waals surface area contributed by atoms with Crippen LogP contribution in [0.1, 0.15) is 19.7 Å². The number of nitrogens with one attached hydrogen (secondary N) is 1. The number of thiophene rings is 1. The summed E-state index contributed by atoms with van der Waals surface area (Å²) < 4.78 is 11.0. The van der Waals surface area contributed by atoms with Crippen LogP contribution in [0.2, 0.25) is 0 Å². The Morgan fingerprint density at radius 2 is 2.03 bits per heavy atom. The number of ether oxygens (including phenoxy) is 2. The average molecular weight is 487 g/mol. The van der Waals surface area contributed by atoms with E-state index in [0.29, 0.717) is 24.3 Å². The van der Waals surface area contributed by atoms with Gasteiger partial charge in [0.05, 0.1) is 44.0 Å². The van der Waals surface area contributed by atoms with Crippen molar-refractivity contribution in [3.05, 3.63) is 51.9 Å². The zero-order chi connectivity index (χ0) is 23.9. The van der Waals surface area contributed by atoms with Gasteiger partial charge in [0.2, 0.25) is 0 Å². The number of aliphatic hydroxyl groups excluding tert-OH is 1. The van der Waals surface area contributed by atoms with Crippen LogP contribution in [0.3, 0.4) is 0 Å². The Morgan fingerprint density at radius 3 is 2.76 bits per heavy atom. The third-order valence-electron chi connectivity index (χ3n) is 5.88. The van der Waals surface area contributed by atoms with Crippen molar-refractivity contribution in [2.24, 2.45) is 0 Å². The molecule has 1 atom stereocenters. The number of hydrogen-bond acceptors (Lipinski definition) is 8. The number of rotatable bonds is 11. The minimum absolute atomic E-state index is 0.0644. The van der Waals surface area contributed by atoms with Crippen LogP contribution in [-0.4, -0.2) is 89.6 Å². The SMILES string of the molecule is CC(C)OCC(O)CN(CCN1CCOCC1)Cc1nc2scc(-c3ccccc3)c2c(=O)[nH]1. The van der Waals surface area contributed by atoms with Crippen molar-refractivity contribution in [3.63, 3.8) is 0 Å². The Morgan fingerprint density at radius 1 is 1.26 bits per heavy atom. The van der Waals surface area contributed by atoms with Gasteiger partial charge in [-0.2, -0.15) is 0 Å². The molecule has 1 unspecified atom stereocenters. The Kier molecular flexibility index (Phi) is 8.82. The van der Waals surface area contributed by atoms with E-state index in [2.05, 4.69) is 14.8 Å². The largest absolute Gasteiger partial charge is 0.389 e. The Labute approximate surface area is 204 Å². The summed E-state index contributed by atoms with van der Waals surface area (Å²) >= 11 is 1.48. The molecule has 0 amide bonds. The lowest BCUT2D eigenvalue weighted by Gasteiger charge is -2.30. The summed E-state index contributed by atoms with van der Waals surface area (Å²) in [5.41, 5.74) is 1.79. The van der Waals surface area contributed by atoms with Gasteiger partial charge in [0.15, 0.2) is 0 Å². The highest BCUT2D eigenvalue weighted by atomic mass is 32.1. The van der Waals surface area contributed by atoms with Crippen molar-refractivity contribution in [2.45, 2.75) is 32.6 Å². The number of morpholine rings is 1. The maximum Gasteiger partial charge on any atom is 0.260 e. The van der Waals surface area contributed by atoms with Crippen LogP contribution < -0.4 is 5.56 Å². The molecule has 184 valence electrons. The number of fused-ring (bicyclic) bond motifs is 1. The summed E-state index contributed by atoms with van der Waals surface area (Å²) in [6, 6.07) is 9.90. The molecule has 1 saturated heterocycles. The fraction of sp³-hybridized carbons (Fsp3) is 0.520. The molecular weight excluding hydrogens is 452 g/mol. The normalized spacial score (nSPS) is 16.0. The predicted molar refractivity (Wildman–Crippen MR) is 135 cm³/mol. The fourth-order valence-corrected chi connectivity index (χ4v) is 5.07. The first kappa shape index (κ1) is 25.0. The zero-order valence-electron chi connectivity index (χ0n) is 19.9. The van der Waals surface area contributed by atoms with Gasteiger partial charge in [-0.1, -0.05) is 30.3 Å². The highest BCUT2D eigenvalue weighted by molar-refractivity contribution is 7.17. The highest BCUT2D eigenvalue weighted by Crippen LogP contribution is 2.30. The molecule has 1 aromatic carbocycles. The van der Waals surface area contributed by atoms with Crippen molar-refractivity contribution < 1.29 is 14.6 Å². The Bertz CT molecular complexity index is 1100. The molecule has 9 heteroatoms. The molecule has 1 fully saturated rings. The van der Waals surface area contributed by atoms with Gasteiger partial charge in [0, 0.05) is 43.7 Å². The van der Waals surface area contributed by atoms with Gasteiger partial charge in [0.25, 0.3) is 5.56 Å². The van der Waals surface area contributed by atoms with Crippen LogP contribution in [0.25, 0.3) is 21.3 Å². The van der Waals surface area contributed by atoms with Crippen molar-refractivity contribution in [1.29, 1.82) is 0 Å². The lowest BCUT2D eigenvalue weighted by atomic mass is 10.1. The number of H-pyrrole nitrogens is 1. The second-order valence-corrected chi connectivity index (χ2v) is 9.79. The van der Waals surface area contributed by atoms with Gasteiger partial charge in [-0.3, -0.25) is 14.6 Å². The zero-order valence-corrected chi connectivity index (χ0v) is 20.7. The quantitative estimate of drug-likeness (QED) is 0.430. The van der Waals surface area contributed by atoms with Crippen molar-refractivity contribution in [2.75, 3.05) is 52.5 Å². The first-order valence-corrected chi connectivity index (χ1v) is 12.8. The molecule has 4 rings (SSSR count). The Hall–Kier alpha value is -2.14. The molecule has 1 aliphatic heterocycles. The first-order chi connectivity index (χ1) is 16.5. The van der Waals surface area contributed by atoms with Gasteiger partial charge in [0.1, 0.15) is 10.7 Å². The lowest BCUT2D eigenvalue weighted by molar-refractivity contribution is -0.0132. The second kappa shape index (κ2) is 12.0. The predicted octanol–water partition coefficient (Wildman–Crippen LogP) is 2.57. The minimum Gasteiger partial charge on any atom is -0.389 e. The van der Waals surface area contributed by atoms with Crippen LogP contribution in [0.4, 0.5) is 0 Å². The van der Waals surface area contributed by atoms with Crippen LogP contribution in [0.5, 0.6) is 0 Å². The molecule has 0 spiro atoms. The van der Waals surface area contributed by atoms with Gasteiger partial charge >= 0.3 is 0 Å². The molecule has 34 heavy (non-hydrogen) atoms. The molecule has 2 aromatic heterocycles. The molecular formula is C25H34N4O4S. The standard InChI is InChI=1S/C25H34N4O4S/c1-18(2)33-16-20(30)14-29(9-8-28-10-12-32-13-11-28)15-22-26-24(31)23-21(17-34-25(23)27-22)19-6-4-3-5-7-19/h3-7,17-18,20,30H,8-16H2,1-2H3,(H,26,27,31). The van der Waals surface area contributed by atoms with E-state index in [1.54, 1.807) is 0 Å². The van der Waals surface area contributed by atoms with E-state index in [1.165, 1.54) is 11.3 Å². The van der Waals surface area contributed by atoms with Crippen LogP contribution in [0, 0.1) is 0 Å². The first-order valence-electron chi connectivity index (χ1n) is 11.9. The molecule has 0 radical (unpaired) electrons. The van der Waals surface area contributed by atoms with Crippen LogP contribution in [-0.2, 0) is 16.0 Å². The summed E-state index contributed by atoms with van der Waals surface area (Å²) in [6.45, 7) is 10.0. The molecule has 0 bridgehead atoms. The maximum atomic E-state index is 13.0. The van der Waals surface area contributed by atoms with E-state index in [4.69, 9.17) is 14.5 Å². The molecule has 0 saturated carbocycles. The third-order valence-corrected chi connectivity index (χ3v) is 6.75. The van der Waals surface area contributed by atoms with Crippen LogP contribution in [0.15, 0.2) is 40.5 Å². The van der Waals surface area contributed by atoms with Gasteiger partial charge in [-0.25, -0.2) is 4.98 Å². The number of benzene rings is 1. The number of hydrogen-bond donors (Lipinski definition) is 2. The summed E-state index contributed by atoms with van der Waals surface area (Å²) in [6.07, 6.45) is -0.552. The molecule has 2 N–H and O–H groups in total. The van der Waals surface area contributed by atoms with Gasteiger partial charge in [-0.05, 0) is 19.4 Å². The van der Waals surface area contributed by atoms with E-state index >= 15 is 0 Å². The van der Waals surface area contributed by atoms with Gasteiger partial charge < -0.3 is 19.6 Å². The minimum atomic E-state index is -0.617. The van der Waals surface area contributed by atoms with E-state index < -0.39 is 6.10 Å². The monoisotopic (exact) mass is 486 g/mol. The molecule has 0 aliphatic carbocycles. The maximum absolute atomic E-state index is 13.0. The fourth-order valence-electron chi connectivity index (χ4n) is 4.11. The molecule has 8 nitrogen and oxygen atoms in total. The molecule has 3 aromatic rings. The molecule has 3 heterocycles. The van der Waals surface area contributed by atoms with E-state index in [9.17, 15) is 9.90 Å². The van der Waals surface area contributed by atoms with E-state index in [1.807, 2.05) is 49.6 Å². The number of nitrogens with zero attached hydrogens (tertiary/aromatic N) is 3. The van der Waals surface area contributed by atoms with Gasteiger partial charge in [-0.15, -0.1) is 11.3 Å². The molecule has 1 aliphatic rings. The number of aliphatic hydroxyl groups is 1. The highest BCUT2D eigenvalue weighted by Gasteiger charge is 2.19. The van der Waals surface area contributed by atoms with Crippen molar-refractivity contribution in [1.82, 2.24) is 19.8 Å². The summed E-state index contributed by atoms with van der Waals surface area (Å²) in [5.74, 6) is 0.609. The average Bonchev–Trinajstić information content (AvgIpc) is 3.27. The van der Waals surface area contributed by atoms with Crippen molar-refractivity contribution >= 4 is 21.6 Å². The summed E-state index contributed by atoms with van der Waals surface area (Å²) in [7, 11) is 0. The van der Waals surface area contributed by atoms with E-state index in [0.717, 1.165) is 55.4 Å². The second-order valence-electron chi connectivity index (χ2n) is 8.93. The van der Waals surface area contributed by atoms with Crippen molar-refractivity contribution in [3.8, 4) is 11.1 Å². The third kappa shape index (κ3) is 6.71. The summed E-state index contributed by atoms with van der Waals surface area (Å²) in [4.78, 5) is 26.0. The van der Waals surface area contributed by atoms with E-state index in [-0.39, 0.29) is 18.3 Å². The number of aromatic amines is 1.